The molecule has 0 aliphatic heterocycles. The second kappa shape index (κ2) is 10.9. The Morgan fingerprint density at radius 3 is 1.44 bits per heavy atom. The van der Waals surface area contributed by atoms with Gasteiger partial charge in [0.15, 0.2) is 5.78 Å². The van der Waals surface area contributed by atoms with Crippen LogP contribution in [0.5, 0.6) is 23.0 Å². The largest absolute Gasteiger partial charge is 0.508 e. The first kappa shape index (κ1) is 25.8. The molecule has 1 atom stereocenters. The number of phenols is 1. The van der Waals surface area contributed by atoms with Gasteiger partial charge in [0, 0.05) is 16.5 Å². The number of benzene rings is 5. The SMILES string of the molecule is COc1ccc(C(=O)c2ccc(Oc3ccc(C(C)(c4ccc(C)cc4)c4ccc(O)cc4)cc3)cc2)cc1. The van der Waals surface area contributed by atoms with Crippen LogP contribution in [-0.4, -0.2) is 18.0 Å². The molecule has 4 heteroatoms. The van der Waals surface area contributed by atoms with Crippen molar-refractivity contribution in [1.82, 2.24) is 0 Å². The van der Waals surface area contributed by atoms with Crippen molar-refractivity contribution in [2.75, 3.05) is 7.11 Å². The number of aromatic hydroxyl groups is 1. The van der Waals surface area contributed by atoms with Crippen LogP contribution in [0.2, 0.25) is 0 Å². The van der Waals surface area contributed by atoms with Gasteiger partial charge in [-0.1, -0.05) is 54.1 Å². The van der Waals surface area contributed by atoms with Crippen molar-refractivity contribution < 1.29 is 19.4 Å². The van der Waals surface area contributed by atoms with E-state index in [1.807, 2.05) is 24.3 Å². The smallest absolute Gasteiger partial charge is 0.193 e. The number of aryl methyl sites for hydroxylation is 1. The lowest BCUT2D eigenvalue weighted by Crippen LogP contribution is -2.25. The molecule has 0 aromatic heterocycles. The van der Waals surface area contributed by atoms with Gasteiger partial charge in [0.2, 0.25) is 0 Å². The number of methoxy groups -OCH3 is 1. The molecular formula is C35H30O4. The van der Waals surface area contributed by atoms with Crippen LogP contribution in [-0.2, 0) is 5.41 Å². The maximum Gasteiger partial charge on any atom is 0.193 e. The Bertz CT molecular complexity index is 1500. The fourth-order valence-electron chi connectivity index (χ4n) is 4.76. The molecule has 0 saturated carbocycles. The number of rotatable bonds is 8. The second-order valence-electron chi connectivity index (χ2n) is 9.75. The minimum Gasteiger partial charge on any atom is -0.508 e. The van der Waals surface area contributed by atoms with E-state index in [1.54, 1.807) is 67.8 Å². The summed E-state index contributed by atoms with van der Waals surface area (Å²) in [6.45, 7) is 4.27. The Morgan fingerprint density at radius 2 is 0.974 bits per heavy atom. The van der Waals surface area contributed by atoms with Gasteiger partial charge in [-0.25, -0.2) is 0 Å². The monoisotopic (exact) mass is 514 g/mol. The van der Waals surface area contributed by atoms with Crippen molar-refractivity contribution >= 4 is 5.78 Å². The molecule has 0 bridgehead atoms. The van der Waals surface area contributed by atoms with E-state index in [-0.39, 0.29) is 11.5 Å². The normalized spacial score (nSPS) is 12.4. The van der Waals surface area contributed by atoms with E-state index >= 15 is 0 Å². The van der Waals surface area contributed by atoms with E-state index in [4.69, 9.17) is 9.47 Å². The van der Waals surface area contributed by atoms with Crippen molar-refractivity contribution in [2.24, 2.45) is 0 Å². The van der Waals surface area contributed by atoms with E-state index in [0.29, 0.717) is 28.4 Å². The Balaban J connectivity index is 1.37. The van der Waals surface area contributed by atoms with E-state index in [9.17, 15) is 9.90 Å². The molecule has 0 aliphatic carbocycles. The highest BCUT2D eigenvalue weighted by molar-refractivity contribution is 6.09. The highest BCUT2D eigenvalue weighted by Gasteiger charge is 2.31. The second-order valence-corrected chi connectivity index (χ2v) is 9.75. The van der Waals surface area contributed by atoms with Gasteiger partial charge in [-0.05, 0) is 103 Å². The molecule has 194 valence electrons. The quantitative estimate of drug-likeness (QED) is 0.168. The third-order valence-corrected chi connectivity index (χ3v) is 7.21. The Morgan fingerprint density at radius 1 is 0.590 bits per heavy atom. The highest BCUT2D eigenvalue weighted by atomic mass is 16.5. The van der Waals surface area contributed by atoms with Crippen molar-refractivity contribution in [3.05, 3.63) is 155 Å². The first-order chi connectivity index (χ1) is 18.9. The molecule has 0 spiro atoms. The van der Waals surface area contributed by atoms with Gasteiger partial charge in [0.25, 0.3) is 0 Å². The minimum absolute atomic E-state index is 0.0572. The molecule has 4 nitrogen and oxygen atoms in total. The zero-order valence-corrected chi connectivity index (χ0v) is 22.2. The number of phenolic OH excluding ortho intramolecular Hbond substituents is 1. The number of carbonyl (C=O) groups excluding carboxylic acids is 1. The predicted molar refractivity (Wildman–Crippen MR) is 154 cm³/mol. The standard InChI is InChI=1S/C35H30O4/c1-24-4-10-27(11-5-24)35(2,28-12-16-30(36)17-13-28)29-14-22-33(23-15-29)39-32-20-8-26(9-21-32)34(37)25-6-18-31(38-3)19-7-25/h4-23,36H,1-3H3. The van der Waals surface area contributed by atoms with Crippen LogP contribution in [0.25, 0.3) is 0 Å². The fraction of sp³-hybridized carbons (Fsp3) is 0.114. The fourth-order valence-corrected chi connectivity index (χ4v) is 4.76. The van der Waals surface area contributed by atoms with Crippen LogP contribution in [0, 0.1) is 6.92 Å². The van der Waals surface area contributed by atoms with Crippen LogP contribution < -0.4 is 9.47 Å². The summed E-state index contributed by atoms with van der Waals surface area (Å²) in [4.78, 5) is 12.8. The molecule has 5 aromatic carbocycles. The summed E-state index contributed by atoms with van der Waals surface area (Å²) in [5.41, 5.74) is 5.30. The molecule has 5 rings (SSSR count). The molecule has 0 saturated heterocycles. The van der Waals surface area contributed by atoms with E-state index in [2.05, 4.69) is 50.2 Å². The summed E-state index contributed by atoms with van der Waals surface area (Å²) in [5.74, 6) is 2.24. The van der Waals surface area contributed by atoms with Crippen molar-refractivity contribution in [2.45, 2.75) is 19.3 Å². The Kier molecular flexibility index (Phi) is 7.20. The number of ether oxygens (including phenoxy) is 2. The van der Waals surface area contributed by atoms with Crippen LogP contribution in [0.15, 0.2) is 121 Å². The number of carbonyl (C=O) groups is 1. The van der Waals surface area contributed by atoms with Crippen molar-refractivity contribution in [1.29, 1.82) is 0 Å². The molecule has 0 radical (unpaired) electrons. The maximum atomic E-state index is 12.8. The average Bonchev–Trinajstić information content (AvgIpc) is 2.98. The predicted octanol–water partition coefficient (Wildman–Crippen LogP) is 8.09. The van der Waals surface area contributed by atoms with Gasteiger partial charge >= 0.3 is 0 Å². The first-order valence-corrected chi connectivity index (χ1v) is 12.8. The summed E-state index contributed by atoms with van der Waals surface area (Å²) in [6, 6.07) is 38.2. The van der Waals surface area contributed by atoms with Gasteiger partial charge in [-0.2, -0.15) is 0 Å². The number of ketones is 1. The molecule has 5 aromatic rings. The zero-order valence-electron chi connectivity index (χ0n) is 22.2. The lowest BCUT2D eigenvalue weighted by Gasteiger charge is -2.32. The average molecular weight is 515 g/mol. The van der Waals surface area contributed by atoms with Gasteiger partial charge in [0.05, 0.1) is 7.11 Å². The topological polar surface area (TPSA) is 55.8 Å². The van der Waals surface area contributed by atoms with E-state index in [0.717, 1.165) is 16.7 Å². The van der Waals surface area contributed by atoms with Gasteiger partial charge < -0.3 is 14.6 Å². The van der Waals surface area contributed by atoms with Crippen molar-refractivity contribution in [3.8, 4) is 23.0 Å². The summed E-state index contributed by atoms with van der Waals surface area (Å²) in [7, 11) is 1.60. The number of hydrogen-bond donors (Lipinski definition) is 1. The lowest BCUT2D eigenvalue weighted by atomic mass is 9.71. The van der Waals surface area contributed by atoms with Crippen LogP contribution in [0.4, 0.5) is 0 Å². The first-order valence-electron chi connectivity index (χ1n) is 12.8. The zero-order chi connectivity index (χ0) is 27.4. The molecule has 0 heterocycles. The summed E-state index contributed by atoms with van der Waals surface area (Å²) in [6.07, 6.45) is 0. The van der Waals surface area contributed by atoms with Crippen LogP contribution >= 0.6 is 0 Å². The van der Waals surface area contributed by atoms with Gasteiger partial charge in [-0.3, -0.25) is 4.79 Å². The Labute approximate surface area is 229 Å². The third-order valence-electron chi connectivity index (χ3n) is 7.21. The maximum absolute atomic E-state index is 12.8. The molecule has 0 fully saturated rings. The van der Waals surface area contributed by atoms with Gasteiger partial charge in [0.1, 0.15) is 23.0 Å². The van der Waals surface area contributed by atoms with E-state index < -0.39 is 5.41 Å². The molecule has 1 unspecified atom stereocenters. The minimum atomic E-state index is -0.427. The summed E-state index contributed by atoms with van der Waals surface area (Å²) >= 11 is 0. The van der Waals surface area contributed by atoms with Crippen LogP contribution in [0.1, 0.15) is 45.1 Å². The highest BCUT2D eigenvalue weighted by Crippen LogP contribution is 2.40. The molecule has 0 amide bonds. The van der Waals surface area contributed by atoms with Gasteiger partial charge in [-0.15, -0.1) is 0 Å². The van der Waals surface area contributed by atoms with Crippen molar-refractivity contribution in [3.63, 3.8) is 0 Å². The Hall–Kier alpha value is -4.83. The van der Waals surface area contributed by atoms with E-state index in [1.165, 1.54) is 5.56 Å². The molecular weight excluding hydrogens is 484 g/mol. The third kappa shape index (κ3) is 5.41. The molecule has 39 heavy (non-hydrogen) atoms. The van der Waals surface area contributed by atoms with Crippen LogP contribution in [0.3, 0.4) is 0 Å². The molecule has 0 aliphatic rings. The lowest BCUT2D eigenvalue weighted by molar-refractivity contribution is 0.103. The number of hydrogen-bond acceptors (Lipinski definition) is 4. The summed E-state index contributed by atoms with van der Waals surface area (Å²) in [5, 5.41) is 9.86. The molecule has 1 N–H and O–H groups in total. The summed E-state index contributed by atoms with van der Waals surface area (Å²) < 4.78 is 11.3.